The van der Waals surface area contributed by atoms with E-state index in [1.54, 1.807) is 48.5 Å². The van der Waals surface area contributed by atoms with Crippen LogP contribution in [-0.4, -0.2) is 69.7 Å². The molecule has 0 saturated heterocycles. The van der Waals surface area contributed by atoms with Crippen LogP contribution in [0, 0.1) is 0 Å². The van der Waals surface area contributed by atoms with Gasteiger partial charge in [-0.3, -0.25) is 0 Å². The summed E-state index contributed by atoms with van der Waals surface area (Å²) in [5.74, 6) is -0.590. The van der Waals surface area contributed by atoms with E-state index in [1.165, 1.54) is 167 Å². The van der Waals surface area contributed by atoms with E-state index >= 15 is 0 Å². The third-order valence-electron chi connectivity index (χ3n) is 18.1. The minimum absolute atomic E-state index is 0.124. The summed E-state index contributed by atoms with van der Waals surface area (Å²) < 4.78 is 42.8. The molecule has 6 nitrogen and oxygen atoms in total. The number of sulfone groups is 1. The molecule has 9 heteroatoms. The van der Waals surface area contributed by atoms with Gasteiger partial charge < -0.3 is 0 Å². The predicted molar refractivity (Wildman–Crippen MR) is 352 cm³/mol. The van der Waals surface area contributed by atoms with Gasteiger partial charge in [0.1, 0.15) is 0 Å². The van der Waals surface area contributed by atoms with Crippen LogP contribution < -0.4 is 0 Å². The molecule has 0 unspecified atom stereocenters. The average Bonchev–Trinajstić information content (AvgIpc) is 3.58. The van der Waals surface area contributed by atoms with Crippen LogP contribution in [0.2, 0.25) is 0 Å². The number of benzene rings is 2. The molecule has 0 amide bonds. The fourth-order valence-electron chi connectivity index (χ4n) is 12.7. The number of rotatable bonds is 54. The van der Waals surface area contributed by atoms with Gasteiger partial charge in [-0.25, -0.2) is 0 Å². The molecule has 0 aliphatic heterocycles. The Hall–Kier alpha value is -1.81. The van der Waals surface area contributed by atoms with Gasteiger partial charge in [0.15, 0.2) is 0 Å². The molecule has 0 N–H and O–H groups in total. The maximum atomic E-state index is 14.5. The molecule has 0 bridgehead atoms. The van der Waals surface area contributed by atoms with E-state index in [0.717, 1.165) is 139 Å². The van der Waals surface area contributed by atoms with Gasteiger partial charge in [0.05, 0.1) is 0 Å². The Morgan fingerprint density at radius 1 is 0.278 bits per heavy atom. The van der Waals surface area contributed by atoms with E-state index in [9.17, 15) is 18.0 Å². The number of hydrogen-bond donors (Lipinski definition) is 0. The Bertz CT molecular complexity index is 1760. The van der Waals surface area contributed by atoms with Gasteiger partial charge in [-0.15, -0.1) is 0 Å². The molecule has 0 atom stereocenters. The standard InChI is InChI=1S/C70H128O6P2S/c1-9-17-25-27-29-31-33-35-37-39-41-43-45-47-63-77(57-19-11-3,58-20-12-4,59-21-13-5)75-69(71)65-49-53-67(54-50-65)79(73,74)68-55-51-66(52-56-68)70(72)76-78(60-22-14-6,61-23-15-7,62-24-16-8)64-48-46-44-42-40-38-36-34-32-30-28-26-18-10-2/h49-56H,9-48,57-64H2,1-8H3. The number of carbonyl (C=O) groups is 2. The Balaban J connectivity index is 2.24. The van der Waals surface area contributed by atoms with Crippen LogP contribution in [0.1, 0.15) is 333 Å². The first kappa shape index (κ1) is 73.3. The molecule has 0 aliphatic rings. The van der Waals surface area contributed by atoms with Gasteiger partial charge in [0.25, 0.3) is 0 Å². The molecule has 2 aromatic carbocycles. The summed E-state index contributed by atoms with van der Waals surface area (Å²) >= 11 is 0. The average molecular weight is 1160 g/mol. The van der Waals surface area contributed by atoms with Gasteiger partial charge >= 0.3 is 441 Å². The zero-order chi connectivity index (χ0) is 57.9. The van der Waals surface area contributed by atoms with Crippen molar-refractivity contribution in [2.24, 2.45) is 0 Å². The molecule has 0 radical (unpaired) electrons. The molecule has 2 aromatic rings. The van der Waals surface area contributed by atoms with Crippen molar-refractivity contribution in [1.82, 2.24) is 0 Å². The molecule has 0 saturated carbocycles. The normalized spacial score (nSPS) is 13.2. The quantitative estimate of drug-likeness (QED) is 0.0484. The molecule has 0 aromatic heterocycles. The SMILES string of the molecule is CCCCCCCCCCCCCCCCP(CCCC)(CCCC)(CCCC)OC(=O)c1ccc(S(=O)(=O)c2ccc(C(=O)OP(CCCC)(CCCC)(CCCC)CCCCCCCCCCCCCCCC)cc2)cc1. The van der Waals surface area contributed by atoms with Crippen LogP contribution >= 0.6 is 13.7 Å². The first-order valence-electron chi connectivity index (χ1n) is 34.3. The Labute approximate surface area is 490 Å². The van der Waals surface area contributed by atoms with E-state index in [2.05, 4.69) is 55.4 Å². The van der Waals surface area contributed by atoms with Crippen LogP contribution in [0.15, 0.2) is 58.3 Å². The summed E-state index contributed by atoms with van der Waals surface area (Å²) in [7, 11) is -3.94. The van der Waals surface area contributed by atoms with Crippen LogP contribution in [0.4, 0.5) is 0 Å². The molecule has 0 heterocycles. The zero-order valence-corrected chi connectivity index (χ0v) is 55.9. The van der Waals surface area contributed by atoms with E-state index in [4.69, 9.17) is 9.05 Å². The first-order chi connectivity index (χ1) is 38.3. The molecule has 0 spiro atoms. The fraction of sp³-hybridized carbons (Fsp3) is 0.800. The topological polar surface area (TPSA) is 86.7 Å². The van der Waals surface area contributed by atoms with Crippen molar-refractivity contribution in [1.29, 1.82) is 0 Å². The molecule has 2 rings (SSSR count). The Morgan fingerprint density at radius 2 is 0.456 bits per heavy atom. The number of hydrogen-bond acceptors (Lipinski definition) is 6. The summed E-state index contributed by atoms with van der Waals surface area (Å²) in [6.45, 7) is 12.2. The summed E-state index contributed by atoms with van der Waals surface area (Å²) in [6.07, 6.45) is 57.7. The van der Waals surface area contributed by atoms with Crippen LogP contribution in [0.25, 0.3) is 0 Å². The predicted octanol–water partition coefficient (Wildman–Crippen LogP) is 23.5. The van der Waals surface area contributed by atoms with Crippen molar-refractivity contribution in [2.75, 3.05) is 49.3 Å². The molecule has 0 fully saturated rings. The summed E-state index contributed by atoms with van der Waals surface area (Å²) in [4.78, 5) is 29.3. The van der Waals surface area contributed by atoms with Gasteiger partial charge in [0.2, 0.25) is 0 Å². The number of carbonyl (C=O) groups excluding carboxylic acids is 2. The molecule has 0 aliphatic carbocycles. The van der Waals surface area contributed by atoms with E-state index < -0.39 is 23.5 Å². The molecule has 460 valence electrons. The second-order valence-corrected chi connectivity index (χ2v) is 38.5. The third-order valence-corrected chi connectivity index (χ3v) is 32.8. The van der Waals surface area contributed by atoms with Crippen molar-refractivity contribution in [3.05, 3.63) is 59.7 Å². The summed E-state index contributed by atoms with van der Waals surface area (Å²) in [5, 5.41) is 0. The zero-order valence-electron chi connectivity index (χ0n) is 53.3. The first-order valence-corrected chi connectivity index (χ1v) is 41.5. The second kappa shape index (κ2) is 42.9. The van der Waals surface area contributed by atoms with Gasteiger partial charge in [-0.05, 0) is 0 Å². The van der Waals surface area contributed by atoms with E-state index in [-0.39, 0.29) is 21.7 Å². The maximum absolute atomic E-state index is 14.5. The van der Waals surface area contributed by atoms with Crippen LogP contribution in [0.3, 0.4) is 0 Å². The van der Waals surface area contributed by atoms with Crippen molar-refractivity contribution in [3.8, 4) is 0 Å². The fourth-order valence-corrected chi connectivity index (χ4v) is 27.3. The number of unbranched alkanes of at least 4 members (excludes halogenated alkanes) is 32. The Kier molecular flexibility index (Phi) is 39.8. The van der Waals surface area contributed by atoms with E-state index in [0.29, 0.717) is 11.1 Å². The monoisotopic (exact) mass is 1160 g/mol. The van der Waals surface area contributed by atoms with Gasteiger partial charge in [-0.2, -0.15) is 0 Å². The summed E-state index contributed by atoms with van der Waals surface area (Å²) in [6, 6.07) is 12.9. The molecular weight excluding hydrogens is 1030 g/mol. The third kappa shape index (κ3) is 28.1. The molecular formula is C70H128O6P2S. The summed E-state index contributed by atoms with van der Waals surface area (Å²) in [5.41, 5.74) is 0.835. The van der Waals surface area contributed by atoms with Crippen molar-refractivity contribution >= 4 is 35.4 Å². The van der Waals surface area contributed by atoms with Crippen LogP contribution in [-0.2, 0) is 18.9 Å². The van der Waals surface area contributed by atoms with Crippen molar-refractivity contribution < 1.29 is 27.1 Å². The Morgan fingerprint density at radius 3 is 0.658 bits per heavy atom. The molecule has 79 heavy (non-hydrogen) atoms. The van der Waals surface area contributed by atoms with Crippen molar-refractivity contribution in [2.45, 2.75) is 322 Å². The van der Waals surface area contributed by atoms with Crippen molar-refractivity contribution in [3.63, 3.8) is 0 Å². The van der Waals surface area contributed by atoms with Gasteiger partial charge in [-0.1, -0.05) is 52.4 Å². The minimum atomic E-state index is -3.94. The van der Waals surface area contributed by atoms with Crippen LogP contribution in [0.5, 0.6) is 0 Å². The van der Waals surface area contributed by atoms with E-state index in [1.807, 2.05) is 0 Å². The van der Waals surface area contributed by atoms with Gasteiger partial charge in [0, 0.05) is 0 Å². The second-order valence-electron chi connectivity index (χ2n) is 25.1.